The summed E-state index contributed by atoms with van der Waals surface area (Å²) >= 11 is 0. The van der Waals surface area contributed by atoms with Crippen molar-refractivity contribution < 1.29 is 19.1 Å². The number of esters is 2. The van der Waals surface area contributed by atoms with E-state index in [9.17, 15) is 9.59 Å². The fourth-order valence-corrected chi connectivity index (χ4v) is 0.930. The normalized spacial score (nSPS) is 11.6. The molecule has 0 radical (unpaired) electrons. The summed E-state index contributed by atoms with van der Waals surface area (Å²) in [6.45, 7) is 1.06. The van der Waals surface area contributed by atoms with Gasteiger partial charge in [-0.3, -0.25) is 4.79 Å². The molecule has 1 atom stereocenters. The smallest absolute Gasteiger partial charge is 0.340 e. The first kappa shape index (κ1) is 12.2. The number of nitrogens with two attached hydrogens (primary N) is 1. The third kappa shape index (κ3) is 3.70. The van der Waals surface area contributed by atoms with Crippen molar-refractivity contribution in [1.82, 2.24) is 0 Å². The van der Waals surface area contributed by atoms with Crippen molar-refractivity contribution in [2.45, 2.75) is 13.0 Å². The van der Waals surface area contributed by atoms with Gasteiger partial charge in [-0.25, -0.2) is 4.79 Å². The van der Waals surface area contributed by atoms with Gasteiger partial charge in [-0.1, -0.05) is 18.2 Å². The Morgan fingerprint density at radius 3 is 2.44 bits per heavy atom. The van der Waals surface area contributed by atoms with E-state index < -0.39 is 24.8 Å². The molecule has 86 valence electrons. The van der Waals surface area contributed by atoms with Gasteiger partial charge in [0.25, 0.3) is 0 Å². The van der Waals surface area contributed by atoms with Gasteiger partial charge in [-0.05, 0) is 19.1 Å². The molecule has 1 rings (SSSR count). The summed E-state index contributed by atoms with van der Waals surface area (Å²) in [5, 5.41) is 0. The van der Waals surface area contributed by atoms with Crippen LogP contribution in [-0.4, -0.2) is 24.8 Å². The highest BCUT2D eigenvalue weighted by molar-refractivity contribution is 5.89. The Bertz CT molecular complexity index is 362. The lowest BCUT2D eigenvalue weighted by Crippen LogP contribution is -2.29. The van der Waals surface area contributed by atoms with Crippen LogP contribution in [0.25, 0.3) is 0 Å². The average Bonchev–Trinajstić information content (AvgIpc) is 2.29. The van der Waals surface area contributed by atoms with Crippen molar-refractivity contribution in [3.05, 3.63) is 35.9 Å². The van der Waals surface area contributed by atoms with Crippen LogP contribution in [0.15, 0.2) is 30.3 Å². The lowest BCUT2D eigenvalue weighted by molar-refractivity contribution is -0.153. The Morgan fingerprint density at radius 1 is 1.25 bits per heavy atom. The summed E-state index contributed by atoms with van der Waals surface area (Å²) in [7, 11) is 0. The van der Waals surface area contributed by atoms with E-state index in [-0.39, 0.29) is 0 Å². The quantitative estimate of drug-likeness (QED) is 0.600. The molecule has 0 aliphatic rings. The molecule has 5 heteroatoms. The molecule has 0 spiro atoms. The minimum atomic E-state index is -0.726. The van der Waals surface area contributed by atoms with Crippen molar-refractivity contribution in [3.63, 3.8) is 0 Å². The van der Waals surface area contributed by atoms with E-state index in [1.165, 1.54) is 6.92 Å². The Kier molecular flexibility index (Phi) is 4.47. The van der Waals surface area contributed by atoms with Gasteiger partial charge >= 0.3 is 11.9 Å². The minimum absolute atomic E-state index is 0.402. The Hall–Kier alpha value is -1.88. The lowest BCUT2D eigenvalue weighted by Gasteiger charge is -2.07. The Balaban J connectivity index is 2.34. The van der Waals surface area contributed by atoms with Gasteiger partial charge < -0.3 is 15.2 Å². The zero-order valence-electron chi connectivity index (χ0n) is 8.88. The number of carbonyl (C=O) groups is 2. The summed E-state index contributed by atoms with van der Waals surface area (Å²) in [4.78, 5) is 22.3. The molecule has 0 bridgehead atoms. The van der Waals surface area contributed by atoms with Gasteiger partial charge in [0.05, 0.1) is 5.56 Å². The molecule has 0 saturated heterocycles. The monoisotopic (exact) mass is 223 g/mol. The molecule has 0 aliphatic carbocycles. The van der Waals surface area contributed by atoms with Crippen LogP contribution in [0.1, 0.15) is 17.3 Å². The standard InChI is InChI=1S/C11H13NO4/c1-8(12)10(13)15-7-16-11(14)9-5-3-2-4-6-9/h2-6,8H,7,12H2,1H3/t8-/m0/s1. The second kappa shape index (κ2) is 5.87. The summed E-state index contributed by atoms with van der Waals surface area (Å²) in [5.41, 5.74) is 5.65. The molecule has 5 nitrogen and oxygen atoms in total. The number of hydrogen-bond donors (Lipinski definition) is 1. The molecule has 0 saturated carbocycles. The predicted octanol–water partition coefficient (Wildman–Crippen LogP) is 0.691. The van der Waals surface area contributed by atoms with Gasteiger partial charge in [0, 0.05) is 0 Å². The molecule has 1 aromatic carbocycles. The molecule has 2 N–H and O–H groups in total. The molecular formula is C11H13NO4. The maximum atomic E-state index is 11.4. The summed E-state index contributed by atoms with van der Waals surface area (Å²) in [5.74, 6) is -1.15. The van der Waals surface area contributed by atoms with Crippen molar-refractivity contribution in [1.29, 1.82) is 0 Å². The van der Waals surface area contributed by atoms with Crippen LogP contribution in [0.4, 0.5) is 0 Å². The van der Waals surface area contributed by atoms with Crippen molar-refractivity contribution in [2.75, 3.05) is 6.79 Å². The van der Waals surface area contributed by atoms with Crippen LogP contribution < -0.4 is 5.73 Å². The van der Waals surface area contributed by atoms with Crippen LogP contribution in [0.3, 0.4) is 0 Å². The van der Waals surface area contributed by atoms with Gasteiger partial charge in [-0.2, -0.15) is 0 Å². The summed E-state index contributed by atoms with van der Waals surface area (Å²) in [6, 6.07) is 7.70. The molecule has 0 unspecified atom stereocenters. The minimum Gasteiger partial charge on any atom is -0.427 e. The number of carbonyl (C=O) groups excluding carboxylic acids is 2. The molecule has 0 amide bonds. The third-order valence-electron chi connectivity index (χ3n) is 1.77. The molecule has 16 heavy (non-hydrogen) atoms. The second-order valence-corrected chi connectivity index (χ2v) is 3.17. The van der Waals surface area contributed by atoms with Gasteiger partial charge in [0.2, 0.25) is 6.79 Å². The highest BCUT2D eigenvalue weighted by Crippen LogP contribution is 2.00. The highest BCUT2D eigenvalue weighted by atomic mass is 16.7. The molecule has 1 aromatic rings. The van der Waals surface area contributed by atoms with Crippen molar-refractivity contribution >= 4 is 11.9 Å². The first-order chi connectivity index (χ1) is 7.61. The Labute approximate surface area is 93.1 Å². The lowest BCUT2D eigenvalue weighted by atomic mass is 10.2. The zero-order chi connectivity index (χ0) is 12.0. The van der Waals surface area contributed by atoms with Gasteiger partial charge in [0.1, 0.15) is 6.04 Å². The van der Waals surface area contributed by atoms with E-state index >= 15 is 0 Å². The molecule has 0 fully saturated rings. The van der Waals surface area contributed by atoms with Gasteiger partial charge in [0.15, 0.2) is 0 Å². The molecular weight excluding hydrogens is 210 g/mol. The van der Waals surface area contributed by atoms with Crippen molar-refractivity contribution in [3.8, 4) is 0 Å². The van der Waals surface area contributed by atoms with Crippen LogP contribution in [0.5, 0.6) is 0 Å². The van der Waals surface area contributed by atoms with E-state index in [0.29, 0.717) is 5.56 Å². The second-order valence-electron chi connectivity index (χ2n) is 3.17. The van der Waals surface area contributed by atoms with E-state index in [1.54, 1.807) is 30.3 Å². The van der Waals surface area contributed by atoms with E-state index in [2.05, 4.69) is 4.74 Å². The fourth-order valence-electron chi connectivity index (χ4n) is 0.930. The molecule has 0 aromatic heterocycles. The predicted molar refractivity (Wildman–Crippen MR) is 56.5 cm³/mol. The van der Waals surface area contributed by atoms with Crippen molar-refractivity contribution in [2.24, 2.45) is 5.73 Å². The SMILES string of the molecule is C[C@H](N)C(=O)OCOC(=O)c1ccccc1. The van der Waals surface area contributed by atoms with Crippen LogP contribution in [-0.2, 0) is 14.3 Å². The van der Waals surface area contributed by atoms with E-state index in [1.807, 2.05) is 0 Å². The molecule has 0 aliphatic heterocycles. The topological polar surface area (TPSA) is 78.6 Å². The maximum Gasteiger partial charge on any atom is 0.340 e. The fraction of sp³-hybridized carbons (Fsp3) is 0.273. The van der Waals surface area contributed by atoms with Crippen LogP contribution in [0.2, 0.25) is 0 Å². The zero-order valence-corrected chi connectivity index (χ0v) is 8.88. The number of benzene rings is 1. The Morgan fingerprint density at radius 2 is 1.88 bits per heavy atom. The summed E-state index contributed by atoms with van der Waals surface area (Å²) in [6.07, 6.45) is 0. The van der Waals surface area contributed by atoms with Crippen LogP contribution >= 0.6 is 0 Å². The number of hydrogen-bond acceptors (Lipinski definition) is 5. The number of ether oxygens (including phenoxy) is 2. The molecule has 0 heterocycles. The largest absolute Gasteiger partial charge is 0.427 e. The third-order valence-corrected chi connectivity index (χ3v) is 1.77. The number of rotatable bonds is 4. The first-order valence-electron chi connectivity index (χ1n) is 4.75. The summed E-state index contributed by atoms with van der Waals surface area (Å²) < 4.78 is 9.30. The maximum absolute atomic E-state index is 11.4. The van der Waals surface area contributed by atoms with E-state index in [0.717, 1.165) is 0 Å². The average molecular weight is 223 g/mol. The highest BCUT2D eigenvalue weighted by Gasteiger charge is 2.10. The first-order valence-corrected chi connectivity index (χ1v) is 4.75. The van der Waals surface area contributed by atoms with Crippen LogP contribution in [0, 0.1) is 0 Å². The van der Waals surface area contributed by atoms with E-state index in [4.69, 9.17) is 10.5 Å². The van der Waals surface area contributed by atoms with Gasteiger partial charge in [-0.15, -0.1) is 0 Å².